The van der Waals surface area contributed by atoms with Crippen molar-refractivity contribution in [3.63, 3.8) is 0 Å². The summed E-state index contributed by atoms with van der Waals surface area (Å²) in [5.41, 5.74) is 1.15. The number of aromatic nitrogens is 6. The number of hydrogen-bond donors (Lipinski definition) is 4. The molecular weight excluding hydrogens is 1060 g/mol. The van der Waals surface area contributed by atoms with Gasteiger partial charge in [-0.3, -0.25) is 0 Å². The van der Waals surface area contributed by atoms with Crippen molar-refractivity contribution in [2.24, 2.45) is 0 Å². The van der Waals surface area contributed by atoms with E-state index < -0.39 is 45.0 Å². The molecule has 6 aromatic rings. The van der Waals surface area contributed by atoms with Gasteiger partial charge in [0.2, 0.25) is 35.7 Å². The fraction of sp³-hybridized carbons (Fsp3) is 0.200. The van der Waals surface area contributed by atoms with Crippen molar-refractivity contribution < 1.29 is 226 Å². The number of nitrogens with one attached hydrogen (secondary N) is 4. The maximum absolute atomic E-state index is 12.6. The Morgan fingerprint density at radius 3 is 1.58 bits per heavy atom. The Hall–Kier alpha value is -0.910. The molecule has 0 aliphatic carbocycles. The summed E-state index contributed by atoms with van der Waals surface area (Å²) < 4.78 is 119. The number of ether oxygens (including phenoxy) is 2. The maximum Gasteiger partial charge on any atom is 1.00 e. The van der Waals surface area contributed by atoms with Gasteiger partial charge in [-0.25, -0.2) is 25.3 Å². The van der Waals surface area contributed by atoms with Gasteiger partial charge in [-0.15, -0.1) is 36.4 Å². The van der Waals surface area contributed by atoms with Gasteiger partial charge in [0, 0.05) is 31.9 Å². The van der Waals surface area contributed by atoms with E-state index in [0.29, 0.717) is 63.9 Å². The van der Waals surface area contributed by atoms with E-state index in [1.807, 2.05) is 9.80 Å². The minimum atomic E-state index is -5.04. The molecule has 2 saturated heterocycles. The van der Waals surface area contributed by atoms with E-state index in [4.69, 9.17) is 9.47 Å². The van der Waals surface area contributed by atoms with E-state index >= 15 is 0 Å². The summed E-state index contributed by atoms with van der Waals surface area (Å²) in [5.74, 6) is 0.334. The van der Waals surface area contributed by atoms with E-state index in [2.05, 4.69) is 69.4 Å². The first-order valence-corrected chi connectivity index (χ1v) is 23.8. The Morgan fingerprint density at radius 1 is 0.528 bits per heavy atom. The van der Waals surface area contributed by atoms with Crippen molar-refractivity contribution in [1.82, 2.24) is 29.9 Å². The molecule has 0 saturated carbocycles. The third-order valence-corrected chi connectivity index (χ3v) is 12.2. The van der Waals surface area contributed by atoms with Crippen LogP contribution in [0.15, 0.2) is 87.5 Å². The predicted molar refractivity (Wildman–Crippen MR) is 234 cm³/mol. The molecule has 4 heterocycles. The molecule has 0 amide bonds. The molecule has 4 N–H and O–H groups in total. The fourth-order valence-corrected chi connectivity index (χ4v) is 8.24. The van der Waals surface area contributed by atoms with Crippen LogP contribution >= 0.6 is 0 Å². The molecule has 0 unspecified atom stereocenters. The minimum Gasteiger partial charge on any atom is -0.746 e. The summed E-state index contributed by atoms with van der Waals surface area (Å²) in [5, 5.41) is 11.6. The molecule has 2 fully saturated rings. The van der Waals surface area contributed by atoms with Crippen molar-refractivity contribution in [2.45, 2.75) is 14.7 Å². The molecule has 32 heteroatoms. The Balaban J connectivity index is 0.00000296. The first-order chi connectivity index (χ1) is 31.5. The van der Waals surface area contributed by atoms with Gasteiger partial charge in [0.1, 0.15) is 30.4 Å². The molecule has 2 aliphatic rings. The van der Waals surface area contributed by atoms with Crippen molar-refractivity contribution in [3.05, 3.63) is 102 Å². The molecule has 72 heavy (non-hydrogen) atoms. The van der Waals surface area contributed by atoms with Gasteiger partial charge in [-0.1, -0.05) is 28.4 Å². The van der Waals surface area contributed by atoms with Gasteiger partial charge in [0.05, 0.1) is 31.3 Å². The fourth-order valence-electron chi connectivity index (χ4n) is 6.43. The van der Waals surface area contributed by atoms with Crippen LogP contribution in [0, 0.1) is 18.2 Å². The molecule has 2 aromatic heterocycles. The molecule has 0 atom stereocenters. The van der Waals surface area contributed by atoms with E-state index in [1.54, 1.807) is 24.3 Å². The molecule has 8 rings (SSSR count). The molecule has 23 nitrogen and oxygen atoms in total. The second-order valence-electron chi connectivity index (χ2n) is 14.1. The van der Waals surface area contributed by atoms with Crippen molar-refractivity contribution in [1.29, 1.82) is 0 Å². The molecule has 0 radical (unpaired) electrons. The van der Waals surface area contributed by atoms with Gasteiger partial charge in [0.25, 0.3) is 0 Å². The van der Waals surface area contributed by atoms with E-state index in [1.165, 1.54) is 36.4 Å². The average Bonchev–Trinajstić information content (AvgIpc) is 3.29. The Kier molecular flexibility index (Phi) is 28.3. The Morgan fingerprint density at radius 2 is 1.06 bits per heavy atom. The zero-order valence-electron chi connectivity index (χ0n) is 40.0. The molecule has 2 aliphatic heterocycles. The third kappa shape index (κ3) is 18.9. The largest absolute Gasteiger partial charge is 1.00 e. The number of hydrogen-bond acceptors (Lipinski definition) is 23. The average molecular weight is 1090 g/mol. The smallest absolute Gasteiger partial charge is 0.746 e. The summed E-state index contributed by atoms with van der Waals surface area (Å²) in [6.45, 7) is 3.43. The normalized spacial score (nSPS) is 13.6. The Bertz CT molecular complexity index is 3150. The second kappa shape index (κ2) is 30.3. The zero-order chi connectivity index (χ0) is 46.5. The van der Waals surface area contributed by atoms with E-state index in [-0.39, 0.29) is 236 Å². The quantitative estimate of drug-likeness (QED) is 0.0321. The van der Waals surface area contributed by atoms with Crippen LogP contribution in [0.4, 0.5) is 58.4 Å². The first-order valence-electron chi connectivity index (χ1n) is 19.5. The van der Waals surface area contributed by atoms with Gasteiger partial charge < -0.3 is 54.2 Å². The van der Waals surface area contributed by atoms with E-state index in [9.17, 15) is 38.9 Å². The molecule has 0 bridgehead atoms. The van der Waals surface area contributed by atoms with Crippen LogP contribution < -0.4 is 208 Å². The summed E-state index contributed by atoms with van der Waals surface area (Å²) in [7, 11) is -14.7. The number of anilines is 10. The number of benzene rings is 4. The van der Waals surface area contributed by atoms with Gasteiger partial charge >= 0.3 is 177 Å². The van der Waals surface area contributed by atoms with Gasteiger partial charge in [0.15, 0.2) is 0 Å². The Labute approximate surface area is 548 Å². The second-order valence-corrected chi connectivity index (χ2v) is 18.2. The van der Waals surface area contributed by atoms with Crippen LogP contribution in [0.3, 0.4) is 0 Å². The summed E-state index contributed by atoms with van der Waals surface area (Å²) in [4.78, 5) is 28.7. The number of morpholine rings is 2. The van der Waals surface area contributed by atoms with Crippen LogP contribution in [0.5, 0.6) is 0 Å². The summed E-state index contributed by atoms with van der Waals surface area (Å²) >= 11 is 0. The topological polar surface area (TPSA) is 322 Å². The van der Waals surface area contributed by atoms with Gasteiger partial charge in [-0.05, 0) is 28.3 Å². The van der Waals surface area contributed by atoms with Crippen LogP contribution in [0.25, 0.3) is 12.2 Å². The number of nitrogens with zero attached hydrogens (tertiary/aromatic N) is 8. The van der Waals surface area contributed by atoms with Crippen LogP contribution in [0.1, 0.15) is 11.1 Å². The van der Waals surface area contributed by atoms with Crippen LogP contribution in [-0.4, -0.2) is 121 Å². The standard InChI is InChI=1S/C40H37N12O11S3.6Na/c53-64(54,55)31-5-3-4-29(24-31)42-36-45-37(49-39(48-36)51-16-20-62-21-17-51)43-30-15-12-27(34(25-30)66(59,60)61)11-8-26-9-13-28(14-10-26)41-35-46-38(50-40(47-35)52-18-22-63-23-19-52)44-32-6-1-2-7-33(32)65(56,57)58;;;;;;/h2-3,5-9,11-15,24-25H,16-23H2,(H,53,54,55)(H,56,57,58)(H,59,60,61)(H2,41,44,46,47,50)(H2,42,43,45,48,49);;;;;;/q-3;6*+1/p-3/b11-8+;;;;;;. The van der Waals surface area contributed by atoms with Crippen molar-refractivity contribution >= 4 is 101 Å². The summed E-state index contributed by atoms with van der Waals surface area (Å²) in [6.07, 6.45) is 2.97. The predicted octanol–water partition coefficient (Wildman–Crippen LogP) is -15.0. The van der Waals surface area contributed by atoms with E-state index in [0.717, 1.165) is 24.3 Å². The molecule has 4 aromatic carbocycles. The van der Waals surface area contributed by atoms with Gasteiger partial charge in [-0.2, -0.15) is 77.9 Å². The zero-order valence-corrected chi connectivity index (χ0v) is 54.5. The van der Waals surface area contributed by atoms with Crippen molar-refractivity contribution in [3.8, 4) is 0 Å². The maximum atomic E-state index is 12.6. The summed E-state index contributed by atoms with van der Waals surface area (Å²) in [6, 6.07) is 24.6. The van der Waals surface area contributed by atoms with Crippen LogP contribution in [0.2, 0.25) is 0 Å². The minimum absolute atomic E-state index is 0. The van der Waals surface area contributed by atoms with Crippen LogP contribution in [-0.2, 0) is 39.8 Å². The SMILES string of the molecule is O=S(=O)([O-])c1cc[c-]c(Nc2nc(Nc3ccc(/C=C/c4[c-]cc(Nc5nc(Nc6c[c-]ccc6S(=O)(=O)[O-])nc(N6CCOCC6)n5)cc4)c(S(=O)(=O)[O-])c3)nc(N3CCOCC3)n2)c1.[Na+].[Na+].[Na+].[Na+].[Na+].[Na+]. The molecular formula is C40H34N12Na6O11S3. The number of rotatable bonds is 15. The first kappa shape index (κ1) is 67.2. The third-order valence-electron chi connectivity index (χ3n) is 9.56. The van der Waals surface area contributed by atoms with Crippen molar-refractivity contribution in [2.75, 3.05) is 83.7 Å². The molecule has 344 valence electrons. The monoisotopic (exact) mass is 1090 g/mol. The molecule has 0 spiro atoms.